The second-order valence-corrected chi connectivity index (χ2v) is 11.3. The van der Waals surface area contributed by atoms with Crippen LogP contribution in [0.15, 0.2) is 12.1 Å². The van der Waals surface area contributed by atoms with Gasteiger partial charge in [0, 0.05) is 29.9 Å². The van der Waals surface area contributed by atoms with Crippen molar-refractivity contribution in [3.63, 3.8) is 0 Å². The minimum absolute atomic E-state index is 0.0857. The summed E-state index contributed by atoms with van der Waals surface area (Å²) >= 11 is 0. The number of fused-ring (bicyclic) bond motifs is 2. The molecule has 2 saturated carbocycles. The Bertz CT molecular complexity index is 904. The Kier molecular flexibility index (Phi) is 5.26. The predicted molar refractivity (Wildman–Crippen MR) is 125 cm³/mol. The molecule has 1 aromatic rings. The number of aliphatic hydroxyl groups is 1. The summed E-state index contributed by atoms with van der Waals surface area (Å²) in [7, 11) is 5.57. The average molecular weight is 458 g/mol. The van der Waals surface area contributed by atoms with Gasteiger partial charge in [-0.1, -0.05) is 18.9 Å². The first-order chi connectivity index (χ1) is 16.0. The zero-order valence-corrected chi connectivity index (χ0v) is 20.4. The van der Waals surface area contributed by atoms with Crippen molar-refractivity contribution in [2.75, 3.05) is 41.0 Å². The number of hydrogen-bond acceptors (Lipinski definition) is 6. The molecule has 1 aromatic carbocycles. The van der Waals surface area contributed by atoms with Gasteiger partial charge in [0.05, 0.1) is 33.0 Å². The fraction of sp³-hybridized carbons (Fsp3) is 0.778. The lowest BCUT2D eigenvalue weighted by Crippen LogP contribution is -2.74. The van der Waals surface area contributed by atoms with Crippen LogP contribution >= 0.6 is 0 Å². The molecule has 4 fully saturated rings. The van der Waals surface area contributed by atoms with Gasteiger partial charge in [-0.05, 0) is 69.2 Å². The molecule has 0 aromatic heterocycles. The standard InChI is InChI=1S/C27H39NO5/c1-28-13-12-25-17-26(32-15-19-6-4-5-7-20(19)16-33-26)10-11-27(25,29)22(28)14-18-8-9-21(30-2)24(31-3)23(18)25/h8-9,19-20,22,29H,4-7,10-17H2,1-3H3/t19?,20?,22-,25-,26?,27?/m1/s1. The molecule has 3 unspecified atom stereocenters. The highest BCUT2D eigenvalue weighted by atomic mass is 16.7. The molecule has 1 spiro atoms. The average Bonchev–Trinajstić information content (AvgIpc) is 3.01. The number of hydrogen-bond donors (Lipinski definition) is 1. The van der Waals surface area contributed by atoms with E-state index in [0.717, 1.165) is 56.1 Å². The quantitative estimate of drug-likeness (QED) is 0.731. The molecule has 1 N–H and O–H groups in total. The highest BCUT2D eigenvalue weighted by Gasteiger charge is 2.68. The van der Waals surface area contributed by atoms with Gasteiger partial charge in [0.2, 0.25) is 0 Å². The molecule has 2 saturated heterocycles. The van der Waals surface area contributed by atoms with E-state index in [1.165, 1.54) is 31.2 Å². The number of benzene rings is 1. The van der Waals surface area contributed by atoms with Crippen molar-refractivity contribution in [3.05, 3.63) is 23.3 Å². The predicted octanol–water partition coefficient (Wildman–Crippen LogP) is 3.67. The van der Waals surface area contributed by atoms with E-state index in [0.29, 0.717) is 24.7 Å². The Hall–Kier alpha value is -1.34. The maximum atomic E-state index is 12.5. The Morgan fingerprint density at radius 3 is 2.39 bits per heavy atom. The van der Waals surface area contributed by atoms with Crippen LogP contribution in [0.2, 0.25) is 0 Å². The van der Waals surface area contributed by atoms with Crippen molar-refractivity contribution in [2.45, 2.75) is 80.6 Å². The number of likely N-dealkylation sites (tertiary alicyclic amines) is 1. The van der Waals surface area contributed by atoms with Gasteiger partial charge < -0.3 is 29.0 Å². The maximum Gasteiger partial charge on any atom is 0.169 e. The lowest BCUT2D eigenvalue weighted by Gasteiger charge is -2.65. The first-order valence-corrected chi connectivity index (χ1v) is 12.9. The van der Waals surface area contributed by atoms with Crippen LogP contribution in [-0.2, 0) is 21.3 Å². The monoisotopic (exact) mass is 457 g/mol. The molecule has 6 heteroatoms. The summed E-state index contributed by atoms with van der Waals surface area (Å²) in [6, 6.07) is 4.27. The lowest BCUT2D eigenvalue weighted by molar-refractivity contribution is -0.294. The number of rotatable bonds is 2. The minimum atomic E-state index is -0.844. The van der Waals surface area contributed by atoms with Gasteiger partial charge in [-0.15, -0.1) is 0 Å². The van der Waals surface area contributed by atoms with Gasteiger partial charge in [-0.3, -0.25) is 0 Å². The second-order valence-electron chi connectivity index (χ2n) is 11.3. The third-order valence-corrected chi connectivity index (χ3v) is 9.97. The van der Waals surface area contributed by atoms with Crippen molar-refractivity contribution in [1.29, 1.82) is 0 Å². The van der Waals surface area contributed by atoms with Crippen molar-refractivity contribution in [2.24, 2.45) is 11.8 Å². The molecule has 33 heavy (non-hydrogen) atoms. The van der Waals surface area contributed by atoms with Gasteiger partial charge >= 0.3 is 0 Å². The SMILES string of the molecule is COc1ccc2c(c1OC)[C@]13CCN(C)[C@H](C2)C1(O)CCC1(C3)OCC2CCCCC2CO1. The van der Waals surface area contributed by atoms with Crippen LogP contribution in [-0.4, -0.2) is 68.5 Å². The number of methoxy groups -OCH3 is 2. The smallest absolute Gasteiger partial charge is 0.169 e. The molecule has 0 radical (unpaired) electrons. The zero-order valence-electron chi connectivity index (χ0n) is 20.4. The van der Waals surface area contributed by atoms with Gasteiger partial charge in [0.1, 0.15) is 0 Å². The summed E-state index contributed by atoms with van der Waals surface area (Å²) in [6.07, 6.45) is 8.89. The molecule has 3 aliphatic carbocycles. The third-order valence-electron chi connectivity index (χ3n) is 9.97. The van der Waals surface area contributed by atoms with Gasteiger partial charge in [0.25, 0.3) is 0 Å². The summed E-state index contributed by atoms with van der Waals surface area (Å²) in [5, 5.41) is 12.5. The van der Waals surface area contributed by atoms with Crippen LogP contribution < -0.4 is 9.47 Å². The van der Waals surface area contributed by atoms with Crippen molar-refractivity contribution in [3.8, 4) is 11.5 Å². The molecule has 0 amide bonds. The number of piperidine rings is 1. The zero-order chi connectivity index (χ0) is 22.8. The van der Waals surface area contributed by atoms with E-state index in [1.807, 2.05) is 6.07 Å². The first-order valence-electron chi connectivity index (χ1n) is 12.9. The summed E-state index contributed by atoms with van der Waals surface area (Å²) in [4.78, 5) is 2.36. The van der Waals surface area contributed by atoms with Gasteiger partial charge in [0.15, 0.2) is 17.3 Å². The molecule has 5 aliphatic rings. The minimum Gasteiger partial charge on any atom is -0.493 e. The van der Waals surface area contributed by atoms with Crippen LogP contribution in [0.5, 0.6) is 11.5 Å². The van der Waals surface area contributed by atoms with Crippen LogP contribution in [0.4, 0.5) is 0 Å². The normalized spacial score (nSPS) is 42.6. The van der Waals surface area contributed by atoms with E-state index in [2.05, 4.69) is 18.0 Å². The summed E-state index contributed by atoms with van der Waals surface area (Å²) in [6.45, 7) is 2.50. The van der Waals surface area contributed by atoms with Crippen LogP contribution in [0.3, 0.4) is 0 Å². The molecular weight excluding hydrogens is 418 g/mol. The van der Waals surface area contributed by atoms with Crippen molar-refractivity contribution >= 4 is 0 Å². The van der Waals surface area contributed by atoms with Gasteiger partial charge in [-0.2, -0.15) is 0 Å². The molecule has 2 aliphatic heterocycles. The number of likely N-dealkylation sites (N-methyl/N-ethyl adjacent to an activating group) is 1. The molecule has 2 bridgehead atoms. The second kappa shape index (κ2) is 7.84. The van der Waals surface area contributed by atoms with Crippen LogP contribution in [0.25, 0.3) is 0 Å². The molecule has 6 nitrogen and oxygen atoms in total. The Morgan fingerprint density at radius 2 is 1.73 bits per heavy atom. The van der Waals surface area contributed by atoms with Crippen molar-refractivity contribution in [1.82, 2.24) is 4.90 Å². The summed E-state index contributed by atoms with van der Waals surface area (Å²) in [5.41, 5.74) is 1.06. The first kappa shape index (κ1) is 22.1. The largest absolute Gasteiger partial charge is 0.493 e. The van der Waals surface area contributed by atoms with Crippen LogP contribution in [0, 0.1) is 11.8 Å². The Labute approximate surface area is 197 Å². The van der Waals surface area contributed by atoms with E-state index in [9.17, 15) is 5.11 Å². The van der Waals surface area contributed by atoms with Crippen molar-refractivity contribution < 1.29 is 24.1 Å². The molecule has 182 valence electrons. The van der Waals surface area contributed by atoms with Crippen LogP contribution in [0.1, 0.15) is 62.5 Å². The molecule has 5 atom stereocenters. The molecule has 2 heterocycles. The third kappa shape index (κ3) is 3.06. The molecule has 6 rings (SSSR count). The Balaban J connectivity index is 1.46. The van der Waals surface area contributed by atoms with E-state index >= 15 is 0 Å². The van der Waals surface area contributed by atoms with E-state index in [-0.39, 0.29) is 6.04 Å². The van der Waals surface area contributed by atoms with E-state index < -0.39 is 16.8 Å². The number of nitrogens with zero attached hydrogens (tertiary/aromatic N) is 1. The highest BCUT2D eigenvalue weighted by Crippen LogP contribution is 2.63. The van der Waals surface area contributed by atoms with E-state index in [1.54, 1.807) is 14.2 Å². The maximum absolute atomic E-state index is 12.5. The summed E-state index contributed by atoms with van der Waals surface area (Å²) in [5.74, 6) is 2.09. The van der Waals surface area contributed by atoms with E-state index in [4.69, 9.17) is 18.9 Å². The Morgan fingerprint density at radius 1 is 1.00 bits per heavy atom. The molecular formula is C27H39NO5. The fourth-order valence-electron chi connectivity index (χ4n) is 8.15. The summed E-state index contributed by atoms with van der Waals surface area (Å²) < 4.78 is 25.2. The fourth-order valence-corrected chi connectivity index (χ4v) is 8.15. The lowest BCUT2D eigenvalue weighted by atomic mass is 9.48. The topological polar surface area (TPSA) is 60.4 Å². The number of ether oxygens (including phenoxy) is 4. The highest BCUT2D eigenvalue weighted by molar-refractivity contribution is 5.59. The van der Waals surface area contributed by atoms with Gasteiger partial charge in [-0.25, -0.2) is 0 Å².